The second-order valence-electron chi connectivity index (χ2n) is 19.5. The Morgan fingerprint density at radius 1 is 0.429 bits per heavy atom. The molecule has 4 saturated carbocycles. The zero-order valence-electron chi connectivity index (χ0n) is 32.8. The Morgan fingerprint density at radius 2 is 0.755 bits per heavy atom. The van der Waals surface area contributed by atoms with Gasteiger partial charge in [0.1, 0.15) is 12.1 Å². The van der Waals surface area contributed by atoms with Gasteiger partial charge in [-0.15, -0.1) is 0 Å². The molecule has 7 rings (SSSR count). The molecule has 1 aromatic carbocycles. The Balaban J connectivity index is 1.22. The standard InChI is InChI=1S/C45H78N2P2/c1-46(2)32-30-41(48(37-22-12-6-13-23-37)38-24-14-7-15-25-38)34-43(46)45(36-20-10-5-11-21-36)44-35-42(31-33-47(44,3)4)49(39-26-16-8-17-27-39)40-28-18-9-19-29-40/h5,10-11,20-21,37-45H,6-9,12-19,22-35H2,1-4H3/q+2. The van der Waals surface area contributed by atoms with E-state index in [2.05, 4.69) is 58.5 Å². The van der Waals surface area contributed by atoms with E-state index in [1.54, 1.807) is 56.9 Å². The molecule has 2 aliphatic heterocycles. The lowest BCUT2D eigenvalue weighted by molar-refractivity contribution is -0.945. The van der Waals surface area contributed by atoms with Gasteiger partial charge in [-0.1, -0.05) is 123 Å². The summed E-state index contributed by atoms with van der Waals surface area (Å²) in [5.74, 6) is 0.681. The van der Waals surface area contributed by atoms with Gasteiger partial charge in [-0.05, 0) is 90.9 Å². The maximum atomic E-state index is 2.68. The average molecular weight is 709 g/mol. The summed E-state index contributed by atoms with van der Waals surface area (Å²) in [7, 11) is 11.0. The molecule has 0 aromatic heterocycles. The molecule has 6 aliphatic rings. The molecule has 1 aromatic rings. The van der Waals surface area contributed by atoms with E-state index in [-0.39, 0.29) is 15.8 Å². The summed E-state index contributed by atoms with van der Waals surface area (Å²) in [5, 5.41) is 0. The number of rotatable bonds is 9. The largest absolute Gasteiger partial charge is 0.325 e. The van der Waals surface area contributed by atoms with Crippen LogP contribution in [0.3, 0.4) is 0 Å². The molecule has 0 radical (unpaired) electrons. The van der Waals surface area contributed by atoms with Gasteiger partial charge in [-0.3, -0.25) is 0 Å². The van der Waals surface area contributed by atoms with Crippen molar-refractivity contribution >= 4 is 15.8 Å². The zero-order chi connectivity index (χ0) is 33.8. The summed E-state index contributed by atoms with van der Waals surface area (Å²) < 4.78 is 2.52. The first-order chi connectivity index (χ1) is 23.8. The van der Waals surface area contributed by atoms with E-state index in [1.165, 1.54) is 125 Å². The zero-order valence-corrected chi connectivity index (χ0v) is 34.5. The Kier molecular flexibility index (Phi) is 12.9. The summed E-state index contributed by atoms with van der Waals surface area (Å²) in [4.78, 5) is 0. The number of benzene rings is 1. The third kappa shape index (κ3) is 8.71. The molecular weight excluding hydrogens is 630 g/mol. The van der Waals surface area contributed by atoms with Crippen LogP contribution in [0.15, 0.2) is 30.3 Å². The normalized spacial score (nSPS) is 33.5. The van der Waals surface area contributed by atoms with Crippen LogP contribution in [-0.2, 0) is 0 Å². The molecule has 2 saturated heterocycles. The van der Waals surface area contributed by atoms with Crippen LogP contribution < -0.4 is 0 Å². The van der Waals surface area contributed by atoms with E-state index in [0.717, 1.165) is 46.0 Å². The van der Waals surface area contributed by atoms with Crippen LogP contribution in [0.25, 0.3) is 0 Å². The molecule has 2 nitrogen and oxygen atoms in total. The highest BCUT2D eigenvalue weighted by molar-refractivity contribution is 7.60. The van der Waals surface area contributed by atoms with Crippen molar-refractivity contribution in [2.75, 3.05) is 41.3 Å². The maximum Gasteiger partial charge on any atom is 0.102 e. The molecule has 49 heavy (non-hydrogen) atoms. The first kappa shape index (κ1) is 37.3. The summed E-state index contributed by atoms with van der Waals surface area (Å²) in [6, 6.07) is 13.8. The summed E-state index contributed by atoms with van der Waals surface area (Å²) in [5.41, 5.74) is 8.07. The van der Waals surface area contributed by atoms with E-state index < -0.39 is 0 Å². The minimum atomic E-state index is 0.133. The second kappa shape index (κ2) is 17.0. The van der Waals surface area contributed by atoms with Gasteiger partial charge >= 0.3 is 0 Å². The average Bonchev–Trinajstić information content (AvgIpc) is 3.13. The van der Waals surface area contributed by atoms with Crippen LogP contribution in [0.2, 0.25) is 0 Å². The summed E-state index contributed by atoms with van der Waals surface area (Å²) in [6.07, 6.45) is 36.9. The van der Waals surface area contributed by atoms with Crippen LogP contribution in [0.4, 0.5) is 0 Å². The quantitative estimate of drug-likeness (QED) is 0.177. The fraction of sp³-hybridized carbons (Fsp3) is 0.867. The van der Waals surface area contributed by atoms with Gasteiger partial charge < -0.3 is 8.97 Å². The molecule has 4 aliphatic carbocycles. The third-order valence-electron chi connectivity index (χ3n) is 15.7. The number of quaternary nitrogens is 2. The van der Waals surface area contributed by atoms with Crippen molar-refractivity contribution in [3.05, 3.63) is 35.9 Å². The van der Waals surface area contributed by atoms with Gasteiger partial charge in [0.05, 0.1) is 47.2 Å². The van der Waals surface area contributed by atoms with Gasteiger partial charge in [0.25, 0.3) is 0 Å². The number of hydrogen-bond donors (Lipinski definition) is 0. The van der Waals surface area contributed by atoms with Crippen LogP contribution in [-0.4, -0.2) is 96.3 Å². The lowest BCUT2D eigenvalue weighted by Gasteiger charge is -2.56. The van der Waals surface area contributed by atoms with E-state index in [0.29, 0.717) is 5.92 Å². The van der Waals surface area contributed by atoms with E-state index in [4.69, 9.17) is 0 Å². The first-order valence-corrected chi connectivity index (χ1v) is 25.2. The van der Waals surface area contributed by atoms with Crippen molar-refractivity contribution < 1.29 is 8.97 Å². The molecule has 2 heterocycles. The predicted molar refractivity (Wildman–Crippen MR) is 218 cm³/mol. The van der Waals surface area contributed by atoms with Crippen molar-refractivity contribution in [3.63, 3.8) is 0 Å². The minimum Gasteiger partial charge on any atom is -0.325 e. The number of likely N-dealkylation sites (N-methyl/N-ethyl adjacent to an activating group) is 2. The fourth-order valence-corrected chi connectivity index (χ4v) is 22.2. The number of likely N-dealkylation sites (tertiary alicyclic amines) is 2. The summed E-state index contributed by atoms with van der Waals surface area (Å²) >= 11 is 0. The van der Waals surface area contributed by atoms with Crippen LogP contribution in [0.1, 0.15) is 166 Å². The van der Waals surface area contributed by atoms with E-state index in [1.807, 2.05) is 0 Å². The Hall–Kier alpha value is -0.0000000000000000208. The van der Waals surface area contributed by atoms with E-state index >= 15 is 0 Å². The fourth-order valence-electron chi connectivity index (χ4n) is 13.0. The SMILES string of the molecule is C[N+]1(C)CCC(P(C2CCCCC2)C2CCCCC2)CC1C(c1ccccc1)C1CC(P(C2CCCCC2)C2CCCCC2)CC[N+]1(C)C. The smallest absolute Gasteiger partial charge is 0.102 e. The van der Waals surface area contributed by atoms with Gasteiger partial charge in [0, 0.05) is 25.7 Å². The van der Waals surface area contributed by atoms with Gasteiger partial charge in [-0.25, -0.2) is 0 Å². The number of hydrogen-bond acceptors (Lipinski definition) is 0. The van der Waals surface area contributed by atoms with Crippen LogP contribution in [0, 0.1) is 0 Å². The Morgan fingerprint density at radius 3 is 1.08 bits per heavy atom. The van der Waals surface area contributed by atoms with Gasteiger partial charge in [0.2, 0.25) is 0 Å². The lowest BCUT2D eigenvalue weighted by atomic mass is 9.75. The van der Waals surface area contributed by atoms with E-state index in [9.17, 15) is 0 Å². The molecule has 0 bridgehead atoms. The molecule has 0 amide bonds. The molecule has 0 spiro atoms. The number of piperidine rings is 2. The monoisotopic (exact) mass is 709 g/mol. The minimum absolute atomic E-state index is 0.133. The van der Waals surface area contributed by atoms with Crippen molar-refractivity contribution in [3.8, 4) is 0 Å². The topological polar surface area (TPSA) is 0 Å². The molecule has 276 valence electrons. The van der Waals surface area contributed by atoms with Crippen LogP contribution in [0.5, 0.6) is 0 Å². The molecular formula is C45H78N2P2+2. The maximum absolute atomic E-state index is 2.68. The van der Waals surface area contributed by atoms with Gasteiger partial charge in [-0.2, -0.15) is 0 Å². The predicted octanol–water partition coefficient (Wildman–Crippen LogP) is 12.3. The van der Waals surface area contributed by atoms with Crippen molar-refractivity contribution in [2.45, 2.75) is 206 Å². The highest BCUT2D eigenvalue weighted by Gasteiger charge is 2.54. The second-order valence-corrected chi connectivity index (χ2v) is 25.7. The van der Waals surface area contributed by atoms with Crippen molar-refractivity contribution in [2.24, 2.45) is 0 Å². The lowest BCUT2D eigenvalue weighted by Crippen LogP contribution is -2.65. The van der Waals surface area contributed by atoms with Gasteiger partial charge in [0.15, 0.2) is 0 Å². The first-order valence-electron chi connectivity index (χ1n) is 22.1. The highest BCUT2D eigenvalue weighted by atomic mass is 31.1. The third-order valence-corrected chi connectivity index (χ3v) is 23.8. The Bertz CT molecular complexity index is 1020. The molecule has 0 N–H and O–H groups in total. The Labute approximate surface area is 307 Å². The molecule has 4 heteroatoms. The summed E-state index contributed by atoms with van der Waals surface area (Å²) in [6.45, 7) is 2.83. The molecule has 4 atom stereocenters. The molecule has 6 fully saturated rings. The van der Waals surface area contributed by atoms with Crippen molar-refractivity contribution in [1.82, 2.24) is 0 Å². The number of nitrogens with zero attached hydrogens (tertiary/aromatic N) is 2. The highest BCUT2D eigenvalue weighted by Crippen LogP contribution is 2.64. The van der Waals surface area contributed by atoms with Crippen molar-refractivity contribution in [1.29, 1.82) is 0 Å². The molecule has 4 unspecified atom stereocenters. The van der Waals surface area contributed by atoms with Crippen LogP contribution >= 0.6 is 15.8 Å².